The van der Waals surface area contributed by atoms with Crippen molar-refractivity contribution in [2.75, 3.05) is 26.0 Å². The molecule has 8 heteroatoms. The number of hydrogen-bond acceptors (Lipinski definition) is 6. The van der Waals surface area contributed by atoms with Gasteiger partial charge in [0.05, 0.1) is 4.92 Å². The number of pyridine rings is 1. The van der Waals surface area contributed by atoms with Gasteiger partial charge in [-0.2, -0.15) is 0 Å². The summed E-state index contributed by atoms with van der Waals surface area (Å²) in [5, 5.41) is 16.0. The molecule has 0 amide bonds. The number of fused-ring (bicyclic) bond motifs is 2. The van der Waals surface area contributed by atoms with Crippen molar-refractivity contribution in [2.24, 2.45) is 13.0 Å². The number of hydrogen-bond donors (Lipinski definition) is 1. The Morgan fingerprint density at radius 1 is 1.29 bits per heavy atom. The molecule has 0 saturated carbocycles. The fourth-order valence-electron chi connectivity index (χ4n) is 5.64. The molecule has 4 atom stereocenters. The van der Waals surface area contributed by atoms with Crippen LogP contribution in [0.4, 0.5) is 11.5 Å². The van der Waals surface area contributed by atoms with Gasteiger partial charge in [-0.3, -0.25) is 10.1 Å². The van der Waals surface area contributed by atoms with E-state index in [-0.39, 0.29) is 23.7 Å². The summed E-state index contributed by atoms with van der Waals surface area (Å²) in [5.41, 5.74) is 4.06. The first kappa shape index (κ1) is 20.0. The van der Waals surface area contributed by atoms with Crippen LogP contribution in [0.2, 0.25) is 0 Å². The molecule has 1 saturated heterocycles. The second-order valence-corrected chi connectivity index (χ2v) is 8.75. The maximum atomic E-state index is 11.4. The summed E-state index contributed by atoms with van der Waals surface area (Å²) in [6.45, 7) is 0.853. The predicted molar refractivity (Wildman–Crippen MR) is 119 cm³/mol. The van der Waals surface area contributed by atoms with Crippen molar-refractivity contribution in [3.05, 3.63) is 64.0 Å². The minimum Gasteiger partial charge on any atom is -0.361 e. The number of methoxy groups -OCH3 is 1. The molecule has 8 nitrogen and oxygen atoms in total. The zero-order valence-corrected chi connectivity index (χ0v) is 18.0. The third kappa shape index (κ3) is 3.26. The minimum absolute atomic E-state index is 0.0389. The van der Waals surface area contributed by atoms with Gasteiger partial charge in [0.15, 0.2) is 0 Å². The minimum atomic E-state index is -0.413. The summed E-state index contributed by atoms with van der Waals surface area (Å²) in [7, 11) is 5.94. The molecular formula is C23H27N5O3. The number of rotatable bonds is 5. The fraction of sp³-hybridized carbons (Fsp3) is 0.435. The van der Waals surface area contributed by atoms with Gasteiger partial charge in [0, 0.05) is 67.9 Å². The lowest BCUT2D eigenvalue weighted by Crippen LogP contribution is -2.51. The summed E-state index contributed by atoms with van der Waals surface area (Å²) in [6.07, 6.45) is 5.45. The Morgan fingerprint density at radius 3 is 2.90 bits per heavy atom. The Balaban J connectivity index is 1.46. The lowest BCUT2D eigenvalue weighted by atomic mass is 9.72. The van der Waals surface area contributed by atoms with Crippen LogP contribution < -0.4 is 5.32 Å². The summed E-state index contributed by atoms with van der Waals surface area (Å²) < 4.78 is 8.02. The molecule has 2 aliphatic rings. The number of likely N-dealkylation sites (tertiary alicyclic amines) is 1. The topological polar surface area (TPSA) is 85.5 Å². The summed E-state index contributed by atoms with van der Waals surface area (Å²) in [4.78, 5) is 17.6. The Labute approximate surface area is 181 Å². The summed E-state index contributed by atoms with van der Waals surface area (Å²) in [6, 6.07) is 10.1. The Bertz CT molecular complexity index is 1140. The first-order valence-corrected chi connectivity index (χ1v) is 10.6. The summed E-state index contributed by atoms with van der Waals surface area (Å²) >= 11 is 0. The molecule has 0 bridgehead atoms. The first-order chi connectivity index (χ1) is 15.0. The van der Waals surface area contributed by atoms with E-state index in [1.807, 2.05) is 0 Å². The zero-order chi connectivity index (χ0) is 21.7. The molecule has 2 unspecified atom stereocenters. The summed E-state index contributed by atoms with van der Waals surface area (Å²) in [5.74, 6) is 0.805. The first-order valence-electron chi connectivity index (χ1n) is 10.6. The third-order valence-corrected chi connectivity index (χ3v) is 7.01. The second kappa shape index (κ2) is 7.62. The van der Waals surface area contributed by atoms with Crippen LogP contribution in [0, 0.1) is 16.0 Å². The Kier molecular flexibility index (Phi) is 4.91. The standard InChI is InChI=1S/C23H27N5O3/c1-26-12-14-11-20-17(16-6-4-7-18(26)21(14)16)10-15(13-27(20)2)23(31-3)25-22-19(28(29)30)8-5-9-24-22/h4-9,12,15,17,20,23H,10-11,13H2,1-3H3,(H,24,25)/t15-,17?,20-,23?/m1/s1. The molecule has 1 aliphatic heterocycles. The van der Waals surface area contributed by atoms with Gasteiger partial charge in [0.1, 0.15) is 6.23 Å². The van der Waals surface area contributed by atoms with Crippen LogP contribution >= 0.6 is 0 Å². The molecule has 1 aliphatic carbocycles. The number of likely N-dealkylation sites (N-methyl/N-ethyl adjacent to an activating group) is 1. The van der Waals surface area contributed by atoms with Crippen LogP contribution in [0.1, 0.15) is 23.5 Å². The van der Waals surface area contributed by atoms with Crippen molar-refractivity contribution in [1.29, 1.82) is 0 Å². The number of nitrogens with one attached hydrogen (secondary N) is 1. The molecule has 0 radical (unpaired) electrons. The van der Waals surface area contributed by atoms with Crippen LogP contribution in [0.25, 0.3) is 10.9 Å². The molecule has 3 aromatic rings. The van der Waals surface area contributed by atoms with Gasteiger partial charge in [0.2, 0.25) is 5.82 Å². The fourth-order valence-corrected chi connectivity index (χ4v) is 5.64. The van der Waals surface area contributed by atoms with Gasteiger partial charge < -0.3 is 19.5 Å². The smallest absolute Gasteiger partial charge is 0.311 e. The third-order valence-electron chi connectivity index (χ3n) is 7.01. The van der Waals surface area contributed by atoms with Gasteiger partial charge in [0.25, 0.3) is 0 Å². The monoisotopic (exact) mass is 421 g/mol. The molecule has 3 heterocycles. The number of nitrogens with zero attached hydrogens (tertiary/aromatic N) is 4. The zero-order valence-electron chi connectivity index (χ0n) is 18.0. The Hall–Kier alpha value is -2.97. The highest BCUT2D eigenvalue weighted by molar-refractivity contribution is 5.89. The van der Waals surface area contributed by atoms with Crippen molar-refractivity contribution in [2.45, 2.75) is 31.0 Å². The molecule has 162 valence electrons. The van der Waals surface area contributed by atoms with Crippen molar-refractivity contribution in [3.8, 4) is 0 Å². The molecule has 1 fully saturated rings. The molecule has 1 N–H and O–H groups in total. The molecule has 1 aromatic carbocycles. The van der Waals surface area contributed by atoms with E-state index < -0.39 is 4.92 Å². The molecule has 0 spiro atoms. The van der Waals surface area contributed by atoms with Gasteiger partial charge >= 0.3 is 5.69 Å². The lowest BCUT2D eigenvalue weighted by molar-refractivity contribution is -0.384. The van der Waals surface area contributed by atoms with E-state index in [0.29, 0.717) is 12.0 Å². The normalized spacial score (nSPS) is 24.0. The van der Waals surface area contributed by atoms with E-state index in [9.17, 15) is 10.1 Å². The quantitative estimate of drug-likeness (QED) is 0.385. The number of aromatic nitrogens is 2. The number of piperidine rings is 1. The number of anilines is 1. The molecule has 2 aromatic heterocycles. The van der Waals surface area contributed by atoms with E-state index in [2.05, 4.69) is 58.3 Å². The maximum Gasteiger partial charge on any atom is 0.311 e. The number of ether oxygens (including phenoxy) is 1. The van der Waals surface area contributed by atoms with Gasteiger partial charge in [-0.1, -0.05) is 12.1 Å². The van der Waals surface area contributed by atoms with Crippen molar-refractivity contribution < 1.29 is 9.66 Å². The van der Waals surface area contributed by atoms with Crippen LogP contribution in [0.5, 0.6) is 0 Å². The highest BCUT2D eigenvalue weighted by Crippen LogP contribution is 2.45. The SMILES string of the molecule is COC(Nc1ncccc1[N+](=O)[O-])[C@@H]1CC2c3cccc4c3c(cn4C)C[C@H]2N(C)C1. The number of benzene rings is 1. The van der Waals surface area contributed by atoms with E-state index in [4.69, 9.17) is 4.74 Å². The van der Waals surface area contributed by atoms with E-state index in [1.54, 1.807) is 19.4 Å². The van der Waals surface area contributed by atoms with E-state index in [1.165, 1.54) is 28.1 Å². The van der Waals surface area contributed by atoms with Gasteiger partial charge in [-0.05, 0) is 43.1 Å². The van der Waals surface area contributed by atoms with Gasteiger partial charge in [-0.15, -0.1) is 0 Å². The molecular weight excluding hydrogens is 394 g/mol. The highest BCUT2D eigenvalue weighted by Gasteiger charge is 2.42. The van der Waals surface area contributed by atoms with Crippen LogP contribution in [0.3, 0.4) is 0 Å². The number of aryl methyl sites for hydroxylation is 1. The predicted octanol–water partition coefficient (Wildman–Crippen LogP) is 3.53. The average Bonchev–Trinajstić information content (AvgIpc) is 3.09. The molecule has 5 rings (SSSR count). The second-order valence-electron chi connectivity index (χ2n) is 8.75. The van der Waals surface area contributed by atoms with Crippen LogP contribution in [0.15, 0.2) is 42.7 Å². The molecule has 31 heavy (non-hydrogen) atoms. The largest absolute Gasteiger partial charge is 0.361 e. The van der Waals surface area contributed by atoms with E-state index >= 15 is 0 Å². The van der Waals surface area contributed by atoms with Crippen LogP contribution in [-0.4, -0.2) is 52.3 Å². The lowest BCUT2D eigenvalue weighted by Gasteiger charge is -2.47. The Morgan fingerprint density at radius 2 is 2.13 bits per heavy atom. The van der Waals surface area contributed by atoms with Gasteiger partial charge in [-0.25, -0.2) is 4.98 Å². The van der Waals surface area contributed by atoms with Crippen molar-refractivity contribution >= 4 is 22.4 Å². The van der Waals surface area contributed by atoms with Crippen molar-refractivity contribution in [1.82, 2.24) is 14.5 Å². The maximum absolute atomic E-state index is 11.4. The average molecular weight is 422 g/mol. The van der Waals surface area contributed by atoms with Crippen molar-refractivity contribution in [3.63, 3.8) is 0 Å². The van der Waals surface area contributed by atoms with Crippen LogP contribution in [-0.2, 0) is 18.2 Å². The number of nitro groups is 1. The van der Waals surface area contributed by atoms with E-state index in [0.717, 1.165) is 19.4 Å². The highest BCUT2D eigenvalue weighted by atomic mass is 16.6.